The number of piperazine rings is 1. The highest BCUT2D eigenvalue weighted by molar-refractivity contribution is 7.08. The van der Waals surface area contributed by atoms with Crippen molar-refractivity contribution in [2.75, 3.05) is 26.2 Å². The Bertz CT molecular complexity index is 672. The highest BCUT2D eigenvalue weighted by Crippen LogP contribution is 2.36. The fourth-order valence-corrected chi connectivity index (χ4v) is 3.79. The van der Waals surface area contributed by atoms with Crippen LogP contribution in [0.2, 0.25) is 5.02 Å². The van der Waals surface area contributed by atoms with Gasteiger partial charge in [0.15, 0.2) is 0 Å². The van der Waals surface area contributed by atoms with E-state index >= 15 is 0 Å². The molecule has 0 radical (unpaired) electrons. The van der Waals surface area contributed by atoms with Gasteiger partial charge in [0.1, 0.15) is 5.75 Å². The first-order chi connectivity index (χ1) is 11.4. The lowest BCUT2D eigenvalue weighted by Crippen LogP contribution is -2.45. The number of nitrogens with zero attached hydrogens (tertiary/aromatic N) is 1. The maximum atomic E-state index is 12.4. The molecule has 3 nitrogen and oxygen atoms in total. The number of hydrogen-bond donors (Lipinski definition) is 1. The zero-order valence-corrected chi connectivity index (χ0v) is 14.2. The van der Waals surface area contributed by atoms with Crippen LogP contribution in [-0.4, -0.2) is 37.4 Å². The monoisotopic (exact) mass is 376 g/mol. The van der Waals surface area contributed by atoms with Gasteiger partial charge < -0.3 is 10.1 Å². The molecule has 0 spiro atoms. The van der Waals surface area contributed by atoms with Crippen LogP contribution in [0.1, 0.15) is 17.2 Å². The number of alkyl halides is 3. The fraction of sp³-hybridized carbons (Fsp3) is 0.375. The van der Waals surface area contributed by atoms with Crippen molar-refractivity contribution >= 4 is 22.9 Å². The molecule has 0 bridgehead atoms. The van der Waals surface area contributed by atoms with E-state index in [2.05, 4.69) is 20.3 Å². The van der Waals surface area contributed by atoms with Crippen molar-refractivity contribution in [3.63, 3.8) is 0 Å². The summed E-state index contributed by atoms with van der Waals surface area (Å²) in [4.78, 5) is 2.30. The van der Waals surface area contributed by atoms with Crippen LogP contribution in [0.25, 0.3) is 0 Å². The van der Waals surface area contributed by atoms with Crippen LogP contribution in [0.15, 0.2) is 35.0 Å². The first-order valence-electron chi connectivity index (χ1n) is 7.46. The molecule has 130 valence electrons. The summed E-state index contributed by atoms with van der Waals surface area (Å²) in [7, 11) is 0. The van der Waals surface area contributed by atoms with E-state index in [4.69, 9.17) is 11.6 Å². The van der Waals surface area contributed by atoms with Crippen molar-refractivity contribution in [2.45, 2.75) is 12.4 Å². The molecule has 1 aromatic carbocycles. The van der Waals surface area contributed by atoms with Gasteiger partial charge >= 0.3 is 6.36 Å². The van der Waals surface area contributed by atoms with Crippen molar-refractivity contribution in [3.8, 4) is 5.75 Å². The van der Waals surface area contributed by atoms with Gasteiger partial charge in [0, 0.05) is 26.2 Å². The predicted octanol–water partition coefficient (Wildman–Crippen LogP) is 4.29. The van der Waals surface area contributed by atoms with Gasteiger partial charge in [0.05, 0.1) is 11.1 Å². The van der Waals surface area contributed by atoms with E-state index in [0.29, 0.717) is 0 Å². The molecule has 2 heterocycles. The molecule has 0 unspecified atom stereocenters. The van der Waals surface area contributed by atoms with Crippen molar-refractivity contribution in [1.82, 2.24) is 10.2 Å². The summed E-state index contributed by atoms with van der Waals surface area (Å²) in [6, 6.07) is 6.50. The third kappa shape index (κ3) is 4.22. The number of benzene rings is 1. The third-order valence-corrected chi connectivity index (χ3v) is 4.87. The minimum Gasteiger partial charge on any atom is -0.404 e. The first kappa shape index (κ1) is 17.5. The Hall–Kier alpha value is -1.28. The maximum Gasteiger partial charge on any atom is 0.573 e. The van der Waals surface area contributed by atoms with Crippen LogP contribution in [0.5, 0.6) is 5.75 Å². The molecule has 8 heteroatoms. The summed E-state index contributed by atoms with van der Waals surface area (Å²) in [5, 5.41) is 7.31. The number of hydrogen-bond acceptors (Lipinski definition) is 4. The molecular formula is C16H16ClF3N2OS. The summed E-state index contributed by atoms with van der Waals surface area (Å²) < 4.78 is 41.1. The van der Waals surface area contributed by atoms with Gasteiger partial charge in [-0.05, 0) is 40.1 Å². The quantitative estimate of drug-likeness (QED) is 0.861. The van der Waals surface area contributed by atoms with Crippen molar-refractivity contribution in [2.24, 2.45) is 0 Å². The molecular weight excluding hydrogens is 361 g/mol. The van der Waals surface area contributed by atoms with Gasteiger partial charge in [-0.2, -0.15) is 11.3 Å². The summed E-state index contributed by atoms with van der Waals surface area (Å²) in [5.74, 6) is -0.378. The van der Waals surface area contributed by atoms with Crippen molar-refractivity contribution < 1.29 is 17.9 Å². The molecule has 3 rings (SSSR count). The van der Waals surface area contributed by atoms with Crippen LogP contribution in [0.3, 0.4) is 0 Å². The van der Waals surface area contributed by atoms with Crippen LogP contribution in [0, 0.1) is 0 Å². The molecule has 1 N–H and O–H groups in total. The molecule has 1 saturated heterocycles. The average Bonchev–Trinajstić information content (AvgIpc) is 3.04. The SMILES string of the molecule is FC(F)(F)Oc1ccc([C@H](c2ccsc2)N2CCNCC2)cc1Cl. The van der Waals surface area contributed by atoms with E-state index in [1.165, 1.54) is 6.07 Å². The molecule has 2 aromatic rings. The Morgan fingerprint density at radius 2 is 1.92 bits per heavy atom. The molecule has 0 aliphatic carbocycles. The van der Waals surface area contributed by atoms with Gasteiger partial charge in [-0.25, -0.2) is 0 Å². The van der Waals surface area contributed by atoms with Gasteiger partial charge in [0.25, 0.3) is 0 Å². The standard InChI is InChI=1S/C16H16ClF3N2OS/c17-13-9-11(1-2-14(13)23-16(18,19)20)15(12-3-8-24-10-12)22-6-4-21-5-7-22/h1-3,8-10,15,21H,4-7H2/t15-/m1/s1. The van der Waals surface area contributed by atoms with E-state index in [1.807, 2.05) is 11.4 Å². The van der Waals surface area contributed by atoms with E-state index < -0.39 is 6.36 Å². The predicted molar refractivity (Wildman–Crippen MR) is 88.7 cm³/mol. The Balaban J connectivity index is 1.91. The summed E-state index contributed by atoms with van der Waals surface area (Å²) in [5.41, 5.74) is 1.97. The molecule has 1 atom stereocenters. The van der Waals surface area contributed by atoms with Crippen molar-refractivity contribution in [1.29, 1.82) is 0 Å². The molecule has 1 aliphatic rings. The van der Waals surface area contributed by atoms with E-state index in [9.17, 15) is 13.2 Å². The highest BCUT2D eigenvalue weighted by Gasteiger charge is 2.32. The summed E-state index contributed by atoms with van der Waals surface area (Å²) in [6.07, 6.45) is -4.75. The number of thiophene rings is 1. The maximum absolute atomic E-state index is 12.4. The topological polar surface area (TPSA) is 24.5 Å². The van der Waals surface area contributed by atoms with Crippen LogP contribution >= 0.6 is 22.9 Å². The second-order valence-corrected chi connectivity index (χ2v) is 6.67. The number of nitrogens with one attached hydrogen (secondary N) is 1. The van der Waals surface area contributed by atoms with Crippen molar-refractivity contribution in [3.05, 3.63) is 51.2 Å². The molecule has 0 amide bonds. The molecule has 24 heavy (non-hydrogen) atoms. The average molecular weight is 377 g/mol. The van der Waals surface area contributed by atoms with Crippen LogP contribution < -0.4 is 10.1 Å². The third-order valence-electron chi connectivity index (χ3n) is 3.87. The molecule has 1 fully saturated rings. The van der Waals surface area contributed by atoms with Crippen LogP contribution in [-0.2, 0) is 0 Å². The Kier molecular flexibility index (Phi) is 5.34. The first-order valence-corrected chi connectivity index (χ1v) is 8.78. The number of halogens is 4. The molecule has 1 aliphatic heterocycles. The lowest BCUT2D eigenvalue weighted by molar-refractivity contribution is -0.274. The zero-order chi connectivity index (χ0) is 17.2. The van der Waals surface area contributed by atoms with E-state index in [-0.39, 0.29) is 16.8 Å². The second-order valence-electron chi connectivity index (χ2n) is 5.48. The van der Waals surface area contributed by atoms with E-state index in [1.54, 1.807) is 23.5 Å². The Morgan fingerprint density at radius 1 is 1.17 bits per heavy atom. The number of rotatable bonds is 4. The van der Waals surface area contributed by atoms with Gasteiger partial charge in [-0.3, -0.25) is 4.90 Å². The lowest BCUT2D eigenvalue weighted by Gasteiger charge is -2.35. The normalized spacial score (nSPS) is 17.7. The second kappa shape index (κ2) is 7.31. The Labute approximate surface area is 147 Å². The number of ether oxygens (including phenoxy) is 1. The zero-order valence-electron chi connectivity index (χ0n) is 12.6. The smallest absolute Gasteiger partial charge is 0.404 e. The minimum atomic E-state index is -4.75. The highest BCUT2D eigenvalue weighted by atomic mass is 35.5. The van der Waals surface area contributed by atoms with Gasteiger partial charge in [-0.15, -0.1) is 13.2 Å². The fourth-order valence-electron chi connectivity index (χ4n) is 2.88. The van der Waals surface area contributed by atoms with E-state index in [0.717, 1.165) is 37.3 Å². The molecule has 0 saturated carbocycles. The van der Waals surface area contributed by atoms with Gasteiger partial charge in [-0.1, -0.05) is 17.7 Å². The summed E-state index contributed by atoms with van der Waals surface area (Å²) >= 11 is 7.62. The largest absolute Gasteiger partial charge is 0.573 e. The minimum absolute atomic E-state index is 0.0317. The lowest BCUT2D eigenvalue weighted by atomic mass is 9.98. The van der Waals surface area contributed by atoms with Crippen LogP contribution in [0.4, 0.5) is 13.2 Å². The Morgan fingerprint density at radius 3 is 2.50 bits per heavy atom. The molecule has 1 aromatic heterocycles. The summed E-state index contributed by atoms with van der Waals surface area (Å²) in [6.45, 7) is 3.48. The van der Waals surface area contributed by atoms with Gasteiger partial charge in [0.2, 0.25) is 0 Å².